The molecule has 5 heteroatoms. The first kappa shape index (κ1) is 21.6. The zero-order valence-corrected chi connectivity index (χ0v) is 15.1. The molecule has 24 heavy (non-hydrogen) atoms. The minimum Gasteiger partial charge on any atom is -0.388 e. The maximum absolute atomic E-state index is 9.89. The van der Waals surface area contributed by atoms with Crippen LogP contribution in [0.4, 0.5) is 0 Å². The Morgan fingerprint density at radius 3 is 2.38 bits per heavy atom. The molecule has 1 rings (SSSR count). The molecule has 0 aromatic rings. The lowest BCUT2D eigenvalue weighted by molar-refractivity contribution is -0.0813. The summed E-state index contributed by atoms with van der Waals surface area (Å²) in [6.07, 6.45) is 11.8. The summed E-state index contributed by atoms with van der Waals surface area (Å²) in [6, 6.07) is 0. The predicted molar refractivity (Wildman–Crippen MR) is 94.9 cm³/mol. The molecule has 0 radical (unpaired) electrons. The first-order chi connectivity index (χ1) is 11.7. The molecular weight excluding hydrogens is 308 g/mol. The van der Waals surface area contributed by atoms with E-state index in [1.165, 1.54) is 44.9 Å². The van der Waals surface area contributed by atoms with Gasteiger partial charge in [0.1, 0.15) is 24.4 Å². The molecule has 1 aliphatic rings. The number of aliphatic hydroxyl groups excluding tert-OH is 3. The van der Waals surface area contributed by atoms with Crippen molar-refractivity contribution in [1.29, 1.82) is 0 Å². The maximum Gasteiger partial charge on any atom is 0.114 e. The van der Waals surface area contributed by atoms with Crippen LogP contribution in [-0.4, -0.2) is 59.6 Å². The molecular formula is C19H36O5. The van der Waals surface area contributed by atoms with Crippen molar-refractivity contribution >= 4 is 0 Å². The lowest BCUT2D eigenvalue weighted by atomic mass is 10.1. The van der Waals surface area contributed by atoms with Gasteiger partial charge in [0, 0.05) is 6.61 Å². The Morgan fingerprint density at radius 2 is 1.71 bits per heavy atom. The first-order valence-corrected chi connectivity index (χ1v) is 9.55. The highest BCUT2D eigenvalue weighted by atomic mass is 16.5. The number of unbranched alkanes of at least 4 members (excludes halogenated alkanes) is 7. The molecule has 5 nitrogen and oxygen atoms in total. The van der Waals surface area contributed by atoms with Crippen LogP contribution in [0.5, 0.6) is 0 Å². The third-order valence-electron chi connectivity index (χ3n) is 4.41. The highest BCUT2D eigenvalue weighted by Gasteiger charge is 2.39. The fraction of sp³-hybridized carbons (Fsp3) is 0.895. The van der Waals surface area contributed by atoms with Crippen molar-refractivity contribution in [2.24, 2.45) is 0 Å². The van der Waals surface area contributed by atoms with E-state index >= 15 is 0 Å². The SMILES string of the molecule is CCCC/C=C/CCCCCCCOC[C@H](O)[C@@H]1OC[C@@H](O)[C@@H]1O. The van der Waals surface area contributed by atoms with Gasteiger partial charge in [0.05, 0.1) is 13.2 Å². The van der Waals surface area contributed by atoms with Gasteiger partial charge in [-0.3, -0.25) is 0 Å². The van der Waals surface area contributed by atoms with Gasteiger partial charge < -0.3 is 24.8 Å². The third kappa shape index (κ3) is 9.14. The van der Waals surface area contributed by atoms with Crippen molar-refractivity contribution in [3.8, 4) is 0 Å². The molecule has 3 N–H and O–H groups in total. The van der Waals surface area contributed by atoms with Crippen LogP contribution in [0.15, 0.2) is 12.2 Å². The predicted octanol–water partition coefficient (Wildman–Crippen LogP) is 2.57. The van der Waals surface area contributed by atoms with Gasteiger partial charge in [0.25, 0.3) is 0 Å². The zero-order valence-electron chi connectivity index (χ0n) is 15.1. The molecule has 1 fully saturated rings. The van der Waals surface area contributed by atoms with Gasteiger partial charge in [-0.15, -0.1) is 0 Å². The maximum atomic E-state index is 9.89. The van der Waals surface area contributed by atoms with E-state index in [9.17, 15) is 15.3 Å². The standard InChI is InChI=1S/C19H36O5/c1-2-3-4-5-6-7-8-9-10-11-12-13-23-14-17(21)19-18(22)16(20)15-24-19/h5-6,16-22H,2-4,7-15H2,1H3/b6-5+/t16-,17+,18+,19+/m1/s1. The van der Waals surface area contributed by atoms with Gasteiger partial charge in [0.15, 0.2) is 0 Å². The molecule has 0 aliphatic carbocycles. The molecule has 142 valence electrons. The topological polar surface area (TPSA) is 79.2 Å². The molecule has 0 aromatic carbocycles. The third-order valence-corrected chi connectivity index (χ3v) is 4.41. The number of ether oxygens (including phenoxy) is 2. The molecule has 0 saturated carbocycles. The van der Waals surface area contributed by atoms with Gasteiger partial charge in [0.2, 0.25) is 0 Å². The van der Waals surface area contributed by atoms with E-state index in [2.05, 4.69) is 19.1 Å². The van der Waals surface area contributed by atoms with E-state index in [4.69, 9.17) is 9.47 Å². The van der Waals surface area contributed by atoms with Crippen LogP contribution in [0.2, 0.25) is 0 Å². The summed E-state index contributed by atoms with van der Waals surface area (Å²) >= 11 is 0. The molecule has 1 aliphatic heterocycles. The summed E-state index contributed by atoms with van der Waals surface area (Å²) in [7, 11) is 0. The number of hydrogen-bond donors (Lipinski definition) is 3. The minimum absolute atomic E-state index is 0.0662. The largest absolute Gasteiger partial charge is 0.388 e. The molecule has 0 amide bonds. The summed E-state index contributed by atoms with van der Waals surface area (Å²) in [4.78, 5) is 0. The van der Waals surface area contributed by atoms with Gasteiger partial charge in [-0.1, -0.05) is 51.2 Å². The average molecular weight is 344 g/mol. The number of hydrogen-bond acceptors (Lipinski definition) is 5. The summed E-state index contributed by atoms with van der Waals surface area (Å²) in [6.45, 7) is 3.03. The second kappa shape index (κ2) is 13.8. The van der Waals surface area contributed by atoms with Crippen molar-refractivity contribution in [3.63, 3.8) is 0 Å². The van der Waals surface area contributed by atoms with Crippen LogP contribution in [0, 0.1) is 0 Å². The Hall–Kier alpha value is -0.460. The van der Waals surface area contributed by atoms with Crippen LogP contribution in [0.25, 0.3) is 0 Å². The van der Waals surface area contributed by atoms with Gasteiger partial charge in [-0.05, 0) is 25.7 Å². The van der Waals surface area contributed by atoms with Crippen molar-refractivity contribution in [2.75, 3.05) is 19.8 Å². The van der Waals surface area contributed by atoms with E-state index in [1.54, 1.807) is 0 Å². The van der Waals surface area contributed by atoms with E-state index in [0.29, 0.717) is 6.61 Å². The quantitative estimate of drug-likeness (QED) is 0.333. The normalized spacial score (nSPS) is 25.6. The Balaban J connectivity index is 1.86. The summed E-state index contributed by atoms with van der Waals surface area (Å²) in [5.74, 6) is 0. The van der Waals surface area contributed by atoms with Gasteiger partial charge >= 0.3 is 0 Å². The molecule has 0 spiro atoms. The van der Waals surface area contributed by atoms with E-state index in [-0.39, 0.29) is 13.2 Å². The summed E-state index contributed by atoms with van der Waals surface area (Å²) < 4.78 is 10.6. The first-order valence-electron chi connectivity index (χ1n) is 9.55. The smallest absolute Gasteiger partial charge is 0.114 e. The van der Waals surface area contributed by atoms with Crippen molar-refractivity contribution < 1.29 is 24.8 Å². The van der Waals surface area contributed by atoms with Gasteiger partial charge in [-0.25, -0.2) is 0 Å². The van der Waals surface area contributed by atoms with E-state index in [0.717, 1.165) is 12.8 Å². The second-order valence-corrected chi connectivity index (χ2v) is 6.67. The monoisotopic (exact) mass is 344 g/mol. The van der Waals surface area contributed by atoms with Gasteiger partial charge in [-0.2, -0.15) is 0 Å². The van der Waals surface area contributed by atoms with E-state index in [1.807, 2.05) is 0 Å². The van der Waals surface area contributed by atoms with Crippen LogP contribution in [0.3, 0.4) is 0 Å². The van der Waals surface area contributed by atoms with Crippen LogP contribution >= 0.6 is 0 Å². The number of aliphatic hydroxyl groups is 3. The number of rotatable bonds is 14. The molecule has 4 atom stereocenters. The highest BCUT2D eigenvalue weighted by Crippen LogP contribution is 2.17. The lowest BCUT2D eigenvalue weighted by Gasteiger charge is -2.20. The molecule has 0 bridgehead atoms. The average Bonchev–Trinajstić information content (AvgIpc) is 2.91. The second-order valence-electron chi connectivity index (χ2n) is 6.67. The van der Waals surface area contributed by atoms with Crippen LogP contribution in [0.1, 0.15) is 64.7 Å². The fourth-order valence-corrected chi connectivity index (χ4v) is 2.82. The summed E-state index contributed by atoms with van der Waals surface area (Å²) in [5.41, 5.74) is 0. The minimum atomic E-state index is -1.03. The van der Waals surface area contributed by atoms with Crippen molar-refractivity contribution in [2.45, 2.75) is 89.1 Å². The highest BCUT2D eigenvalue weighted by molar-refractivity contribution is 4.87. The molecule has 1 heterocycles. The Labute approximate surface area is 146 Å². The Kier molecular flexibility index (Phi) is 12.4. The zero-order chi connectivity index (χ0) is 17.6. The van der Waals surface area contributed by atoms with Crippen LogP contribution in [-0.2, 0) is 9.47 Å². The molecule has 0 unspecified atom stereocenters. The van der Waals surface area contributed by atoms with Crippen molar-refractivity contribution in [3.05, 3.63) is 12.2 Å². The number of allylic oxidation sites excluding steroid dienone is 2. The Bertz CT molecular complexity index is 321. The van der Waals surface area contributed by atoms with Crippen LogP contribution < -0.4 is 0 Å². The molecule has 0 aromatic heterocycles. The summed E-state index contributed by atoms with van der Waals surface area (Å²) in [5, 5.41) is 28.9. The van der Waals surface area contributed by atoms with Crippen molar-refractivity contribution in [1.82, 2.24) is 0 Å². The molecule has 1 saturated heterocycles. The lowest BCUT2D eigenvalue weighted by Crippen LogP contribution is -2.40. The fourth-order valence-electron chi connectivity index (χ4n) is 2.82. The van der Waals surface area contributed by atoms with E-state index < -0.39 is 24.4 Å². The Morgan fingerprint density at radius 1 is 1.04 bits per heavy atom.